The normalized spacial score (nSPS) is 14.1. The Morgan fingerprint density at radius 2 is 0.880 bits per heavy atom. The molecule has 0 saturated carbocycles. The Balaban J connectivity index is -0.0000000473. The summed E-state index contributed by atoms with van der Waals surface area (Å²) in [4.78, 5) is 33.9. The molecule has 0 aliphatic carbocycles. The number of hydrogen-bond acceptors (Lipinski definition) is 4. The average molecular weight is 468 g/mol. The first-order valence-electron chi connectivity index (χ1n) is 7.62. The zero-order chi connectivity index (χ0) is 19.7. The van der Waals surface area contributed by atoms with Crippen LogP contribution in [0.1, 0.15) is 34.6 Å². The van der Waals surface area contributed by atoms with Crippen LogP contribution in [0, 0.1) is 0 Å². The van der Waals surface area contributed by atoms with Crippen molar-refractivity contribution in [1.82, 2.24) is 0 Å². The Morgan fingerprint density at radius 1 is 0.720 bits per heavy atom. The van der Waals surface area contributed by atoms with Gasteiger partial charge in [0.15, 0.2) is 14.7 Å². The van der Waals surface area contributed by atoms with Gasteiger partial charge in [0, 0.05) is 41.4 Å². The van der Waals surface area contributed by atoms with Crippen LogP contribution in [0.15, 0.2) is 0 Å². The summed E-state index contributed by atoms with van der Waals surface area (Å²) < 4.78 is 20.6. The summed E-state index contributed by atoms with van der Waals surface area (Å²) in [6.07, 6.45) is 3.05. The van der Waals surface area contributed by atoms with Crippen molar-refractivity contribution in [3.8, 4) is 0 Å². The Bertz CT molecular complexity index is 312. The molecule has 25 heavy (non-hydrogen) atoms. The molecule has 0 radical (unpaired) electrons. The Labute approximate surface area is 179 Å². The van der Waals surface area contributed by atoms with Gasteiger partial charge in [-0.15, -0.1) is 0 Å². The van der Waals surface area contributed by atoms with E-state index in [-0.39, 0.29) is 34.7 Å². The molecule has 3 atom stereocenters. The van der Waals surface area contributed by atoms with Crippen molar-refractivity contribution in [2.45, 2.75) is 34.6 Å². The Morgan fingerprint density at radius 3 is 0.880 bits per heavy atom. The molecule has 0 aromatic rings. The van der Waals surface area contributed by atoms with Crippen LogP contribution < -0.4 is 0 Å². The van der Waals surface area contributed by atoms with E-state index in [1.807, 2.05) is 27.2 Å². The fraction of sp³-hybridized carbons (Fsp3) is 1.00. The van der Waals surface area contributed by atoms with Gasteiger partial charge in [0.2, 0.25) is 0 Å². The second kappa shape index (κ2) is 26.2. The molecular weight excluding hydrogens is 430 g/mol. The van der Waals surface area contributed by atoms with Gasteiger partial charge in [-0.05, 0) is 25.7 Å². The maximum Gasteiger partial charge on any atom is 3.00 e. The van der Waals surface area contributed by atoms with Crippen molar-refractivity contribution in [1.29, 1.82) is 0 Å². The minimum Gasteiger partial charge on any atom is -0.374 e. The molecule has 0 aromatic carbocycles. The van der Waals surface area contributed by atoms with Crippen LogP contribution in [-0.2, 0) is 9.13 Å². The number of rotatable bonds is 5. The van der Waals surface area contributed by atoms with E-state index in [1.54, 1.807) is 20.8 Å². The molecule has 0 spiro atoms. The molecule has 0 aliphatic heterocycles. The summed E-state index contributed by atoms with van der Waals surface area (Å²) in [5, 5.41) is 0. The van der Waals surface area contributed by atoms with E-state index in [0.29, 0.717) is 18.5 Å². The van der Waals surface area contributed by atoms with Crippen molar-refractivity contribution >= 4 is 65.8 Å². The molecule has 0 aliphatic rings. The van der Waals surface area contributed by atoms with Gasteiger partial charge < -0.3 is 19.6 Å². The number of hydrogen-bond donors (Lipinski definition) is 4. The smallest absolute Gasteiger partial charge is 0.374 e. The van der Waals surface area contributed by atoms with E-state index in [1.165, 1.54) is 6.66 Å². The van der Waals surface area contributed by atoms with E-state index >= 15 is 0 Å². The molecule has 0 heterocycles. The van der Waals surface area contributed by atoms with Gasteiger partial charge in [-0.3, -0.25) is 9.13 Å². The first-order chi connectivity index (χ1) is 10.2. The molecule has 0 bridgehead atoms. The minimum atomic E-state index is -2.65. The van der Waals surface area contributed by atoms with Crippen LogP contribution in [0.2, 0.25) is 0 Å². The van der Waals surface area contributed by atoms with Gasteiger partial charge in [0.1, 0.15) is 0 Å². The van der Waals surface area contributed by atoms with E-state index in [9.17, 15) is 9.13 Å². The van der Waals surface area contributed by atoms with Crippen molar-refractivity contribution in [3.05, 3.63) is 0 Å². The van der Waals surface area contributed by atoms with Crippen LogP contribution in [0.25, 0.3) is 0 Å². The molecule has 0 rings (SSSR count). The molecule has 3 unspecified atom stereocenters. The maximum absolute atomic E-state index is 10.5. The minimum absolute atomic E-state index is 0. The summed E-state index contributed by atoms with van der Waals surface area (Å²) in [7, 11) is -6.50. The van der Waals surface area contributed by atoms with E-state index in [4.69, 9.17) is 19.6 Å². The summed E-state index contributed by atoms with van der Waals surface area (Å²) in [6.45, 7) is 14.1. The van der Waals surface area contributed by atoms with Gasteiger partial charge in [-0.1, -0.05) is 34.6 Å². The second-order valence-electron chi connectivity index (χ2n) is 4.79. The standard InChI is InChI=1S/C4H11O2P.C3H9O2P.2C3H9OP.2Al/c1-3-7(5,6)4-2;1-3-6(2,4)5;2*1-3-5(2)4;;/h3-4H2,1-2H3,(H,5,6);3H2,1-2H3,(H,4,5);2*4H,3H2,1-2H3;;/q;;;;2*+3. The summed E-state index contributed by atoms with van der Waals surface area (Å²) in [6, 6.07) is 0. The third-order valence-electron chi connectivity index (χ3n) is 2.49. The molecular formula is C13H38Al2O6P4+6. The Kier molecular flexibility index (Phi) is 43.6. The molecule has 0 fully saturated rings. The van der Waals surface area contributed by atoms with Crippen molar-refractivity contribution < 1.29 is 28.7 Å². The predicted molar refractivity (Wildman–Crippen MR) is 120 cm³/mol. The Hall–Kier alpha value is 2.22. The largest absolute Gasteiger partial charge is 3.00 e. The zero-order valence-corrected chi connectivity index (χ0v) is 23.0. The van der Waals surface area contributed by atoms with Crippen molar-refractivity contribution in [2.24, 2.45) is 0 Å². The van der Waals surface area contributed by atoms with Gasteiger partial charge in [0.25, 0.3) is 0 Å². The monoisotopic (exact) mass is 468 g/mol. The van der Waals surface area contributed by atoms with Crippen LogP contribution in [0.4, 0.5) is 0 Å². The van der Waals surface area contributed by atoms with Gasteiger partial charge in [-0.2, -0.15) is 0 Å². The van der Waals surface area contributed by atoms with Crippen molar-refractivity contribution in [2.75, 3.05) is 50.8 Å². The molecule has 6 nitrogen and oxygen atoms in total. The second-order valence-corrected chi connectivity index (χ2v) is 14.4. The van der Waals surface area contributed by atoms with Crippen LogP contribution in [-0.4, -0.2) is 105 Å². The first-order valence-corrected chi connectivity index (χ1v) is 15.8. The molecule has 0 aromatic heterocycles. The molecule has 0 amide bonds. The molecule has 0 saturated heterocycles. The van der Waals surface area contributed by atoms with Gasteiger partial charge >= 0.3 is 34.7 Å². The van der Waals surface area contributed by atoms with Gasteiger partial charge in [0.05, 0.1) is 0 Å². The average Bonchev–Trinajstić information content (AvgIpc) is 2.48. The molecule has 12 heteroatoms. The first kappa shape index (κ1) is 41.6. The topological polar surface area (TPSA) is 115 Å². The summed E-state index contributed by atoms with van der Waals surface area (Å²) in [5.74, 6) is 0. The van der Waals surface area contributed by atoms with E-state index in [2.05, 4.69) is 0 Å². The predicted octanol–water partition coefficient (Wildman–Crippen LogP) is 3.49. The van der Waals surface area contributed by atoms with Crippen LogP contribution in [0.5, 0.6) is 0 Å². The van der Waals surface area contributed by atoms with Crippen LogP contribution >= 0.6 is 31.0 Å². The van der Waals surface area contributed by atoms with E-state index < -0.39 is 31.0 Å². The maximum atomic E-state index is 10.5. The van der Waals surface area contributed by atoms with Crippen molar-refractivity contribution in [3.63, 3.8) is 0 Å². The summed E-state index contributed by atoms with van der Waals surface area (Å²) >= 11 is 0. The third kappa shape index (κ3) is 66.4. The van der Waals surface area contributed by atoms with Gasteiger partial charge in [-0.25, -0.2) is 0 Å². The third-order valence-corrected chi connectivity index (χ3v) is 7.47. The van der Waals surface area contributed by atoms with Crippen LogP contribution in [0.3, 0.4) is 0 Å². The zero-order valence-electron chi connectivity index (χ0n) is 17.1. The summed E-state index contributed by atoms with van der Waals surface area (Å²) in [5.41, 5.74) is 0. The molecule has 146 valence electrons. The molecule has 4 N–H and O–H groups in total. The van der Waals surface area contributed by atoms with E-state index in [0.717, 1.165) is 12.3 Å². The SMILES string of the molecule is CCP(=O)(O)CC.CCP(C)(=O)O.CCP(C)O.CCP(C)O.[Al+3].[Al+3]. The fourth-order valence-corrected chi connectivity index (χ4v) is 0.671. The fourth-order valence-electron chi connectivity index (χ4n) is 0.224. The quantitative estimate of drug-likeness (QED) is 0.363.